The number of benzene rings is 1. The molecule has 1 aliphatic rings. The van der Waals surface area contributed by atoms with E-state index < -0.39 is 0 Å². The van der Waals surface area contributed by atoms with Crippen LogP contribution >= 0.6 is 0 Å². The van der Waals surface area contributed by atoms with E-state index in [2.05, 4.69) is 35.5 Å². The number of amides is 2. The normalized spacial score (nSPS) is 19.8. The molecule has 2 amide bonds. The molecule has 1 fully saturated rings. The molecule has 3 nitrogen and oxygen atoms in total. The van der Waals surface area contributed by atoms with E-state index in [1.165, 1.54) is 10.5 Å². The Labute approximate surface area is 140 Å². The van der Waals surface area contributed by atoms with Crippen molar-refractivity contribution in [2.45, 2.75) is 58.7 Å². The van der Waals surface area contributed by atoms with Crippen molar-refractivity contribution in [2.24, 2.45) is 11.8 Å². The van der Waals surface area contributed by atoms with Gasteiger partial charge in [0.2, 0.25) is 11.8 Å². The van der Waals surface area contributed by atoms with Crippen LogP contribution in [0.2, 0.25) is 5.31 Å². The van der Waals surface area contributed by atoms with E-state index in [1.54, 1.807) is 0 Å². The first-order chi connectivity index (χ1) is 10.5. The van der Waals surface area contributed by atoms with E-state index in [4.69, 9.17) is 0 Å². The van der Waals surface area contributed by atoms with Gasteiger partial charge >= 0.3 is 0 Å². The summed E-state index contributed by atoms with van der Waals surface area (Å²) < 4.78 is 0. The summed E-state index contributed by atoms with van der Waals surface area (Å²) in [6, 6.07) is 7.90. The van der Waals surface area contributed by atoms with Crippen LogP contribution in [-0.4, -0.2) is 19.7 Å². The largest absolute Gasteiger partial charge is 0.274 e. The van der Waals surface area contributed by atoms with Gasteiger partial charge in [0.1, 0.15) is 7.85 Å². The van der Waals surface area contributed by atoms with Gasteiger partial charge in [-0.2, -0.15) is 0 Å². The highest BCUT2D eigenvalue weighted by Gasteiger charge is 2.41. The van der Waals surface area contributed by atoms with Gasteiger partial charge in [-0.05, 0) is 29.0 Å². The van der Waals surface area contributed by atoms with Crippen LogP contribution < -0.4 is 4.90 Å². The first-order valence-corrected chi connectivity index (χ1v) is 8.44. The summed E-state index contributed by atoms with van der Waals surface area (Å²) in [5, 5.41) is 0.122. The summed E-state index contributed by atoms with van der Waals surface area (Å²) in [4.78, 5) is 26.1. The summed E-state index contributed by atoms with van der Waals surface area (Å²) in [6.07, 6.45) is 0.325. The minimum absolute atomic E-state index is 0.00499. The standard InChI is InChI=1S/C19H28BNO2/c1-12(2)15-11-16(22)21(17(15)23)14-9-7-13(8-10-14)18(3,4)19(5,6)20/h7-10,12,15H,11,20H2,1-6H3. The zero-order valence-electron chi connectivity index (χ0n) is 15.4. The third-order valence-electron chi connectivity index (χ3n) is 5.71. The smallest absolute Gasteiger partial charge is 0.237 e. The van der Waals surface area contributed by atoms with Crippen molar-refractivity contribution in [3.05, 3.63) is 29.8 Å². The maximum atomic E-state index is 12.5. The second kappa shape index (κ2) is 5.81. The molecular weight excluding hydrogens is 285 g/mol. The molecule has 2 rings (SSSR count). The summed E-state index contributed by atoms with van der Waals surface area (Å²) in [7, 11) is 2.22. The lowest BCUT2D eigenvalue weighted by atomic mass is 9.54. The van der Waals surface area contributed by atoms with E-state index in [-0.39, 0.29) is 34.4 Å². The highest BCUT2D eigenvalue weighted by Crippen LogP contribution is 2.44. The van der Waals surface area contributed by atoms with Gasteiger partial charge in [0.05, 0.1) is 11.6 Å². The third kappa shape index (κ3) is 3.08. The molecule has 124 valence electrons. The van der Waals surface area contributed by atoms with E-state index in [0.717, 1.165) is 0 Å². The summed E-state index contributed by atoms with van der Waals surface area (Å²) in [5.74, 6) is -0.145. The van der Waals surface area contributed by atoms with Gasteiger partial charge in [-0.15, -0.1) is 0 Å². The topological polar surface area (TPSA) is 37.4 Å². The lowest BCUT2D eigenvalue weighted by Crippen LogP contribution is -2.32. The summed E-state index contributed by atoms with van der Waals surface area (Å²) in [6.45, 7) is 12.9. The lowest BCUT2D eigenvalue weighted by Gasteiger charge is -2.39. The highest BCUT2D eigenvalue weighted by molar-refractivity contribution is 6.21. The van der Waals surface area contributed by atoms with Gasteiger partial charge in [0.15, 0.2) is 0 Å². The van der Waals surface area contributed by atoms with Gasteiger partial charge < -0.3 is 0 Å². The minimum Gasteiger partial charge on any atom is -0.274 e. The third-order valence-corrected chi connectivity index (χ3v) is 5.71. The molecule has 0 N–H and O–H groups in total. The molecule has 0 spiro atoms. The fourth-order valence-corrected chi connectivity index (χ4v) is 2.91. The molecular formula is C19H28BNO2. The van der Waals surface area contributed by atoms with Crippen LogP contribution in [0.3, 0.4) is 0 Å². The van der Waals surface area contributed by atoms with Crippen LogP contribution in [0, 0.1) is 11.8 Å². The summed E-state index contributed by atoms with van der Waals surface area (Å²) >= 11 is 0. The zero-order chi connectivity index (χ0) is 17.6. The van der Waals surface area contributed by atoms with Crippen LogP contribution in [0.1, 0.15) is 53.5 Å². The van der Waals surface area contributed by atoms with E-state index in [0.29, 0.717) is 12.1 Å². The van der Waals surface area contributed by atoms with E-state index in [9.17, 15) is 9.59 Å². The molecule has 0 saturated carbocycles. The Balaban J connectivity index is 2.31. The molecule has 1 unspecified atom stereocenters. The molecule has 1 aromatic rings. The van der Waals surface area contributed by atoms with Gasteiger partial charge in [-0.1, -0.05) is 59.0 Å². The Bertz CT molecular complexity index is 611. The summed E-state index contributed by atoms with van der Waals surface area (Å²) in [5.41, 5.74) is 1.91. The SMILES string of the molecule is BC(C)(C)C(C)(C)c1ccc(N2C(=O)CC(C(C)C)C2=O)cc1. The fourth-order valence-electron chi connectivity index (χ4n) is 2.91. The second-order valence-corrected chi connectivity index (χ2v) is 8.54. The van der Waals surface area contributed by atoms with Gasteiger partial charge in [-0.25, -0.2) is 0 Å². The molecule has 1 saturated heterocycles. The van der Waals surface area contributed by atoms with Gasteiger partial charge in [0, 0.05) is 6.42 Å². The quantitative estimate of drug-likeness (QED) is 0.631. The average Bonchev–Trinajstić information content (AvgIpc) is 2.73. The highest BCUT2D eigenvalue weighted by atomic mass is 16.2. The van der Waals surface area contributed by atoms with Crippen molar-refractivity contribution in [3.63, 3.8) is 0 Å². The Hall–Kier alpha value is -1.58. The fraction of sp³-hybridized carbons (Fsp3) is 0.579. The van der Waals surface area contributed by atoms with Crippen LogP contribution in [0.5, 0.6) is 0 Å². The van der Waals surface area contributed by atoms with Gasteiger partial charge in [-0.3, -0.25) is 14.5 Å². The van der Waals surface area contributed by atoms with Crippen LogP contribution in [0.4, 0.5) is 5.69 Å². The molecule has 0 aromatic heterocycles. The van der Waals surface area contributed by atoms with E-state index in [1.807, 2.05) is 38.1 Å². The molecule has 1 heterocycles. The number of imide groups is 1. The molecule has 1 atom stereocenters. The van der Waals surface area contributed by atoms with Crippen LogP contribution in [0.25, 0.3) is 0 Å². The van der Waals surface area contributed by atoms with E-state index >= 15 is 0 Å². The Morgan fingerprint density at radius 3 is 2.00 bits per heavy atom. The number of carbonyl (C=O) groups excluding carboxylic acids is 2. The Morgan fingerprint density at radius 2 is 1.61 bits per heavy atom. The first-order valence-electron chi connectivity index (χ1n) is 8.44. The van der Waals surface area contributed by atoms with Crippen molar-refractivity contribution in [1.82, 2.24) is 0 Å². The van der Waals surface area contributed by atoms with Crippen molar-refractivity contribution >= 4 is 25.3 Å². The number of hydrogen-bond donors (Lipinski definition) is 0. The maximum absolute atomic E-state index is 12.5. The number of hydrogen-bond acceptors (Lipinski definition) is 2. The maximum Gasteiger partial charge on any atom is 0.237 e. The lowest BCUT2D eigenvalue weighted by molar-refractivity contribution is -0.122. The monoisotopic (exact) mass is 313 g/mol. The first kappa shape index (κ1) is 17.8. The Kier molecular flexibility index (Phi) is 4.49. The number of anilines is 1. The second-order valence-electron chi connectivity index (χ2n) is 8.54. The molecule has 4 heteroatoms. The van der Waals surface area contributed by atoms with Crippen molar-refractivity contribution in [1.29, 1.82) is 0 Å². The zero-order valence-corrected chi connectivity index (χ0v) is 15.4. The van der Waals surface area contributed by atoms with Crippen molar-refractivity contribution < 1.29 is 9.59 Å². The van der Waals surface area contributed by atoms with Gasteiger partial charge in [0.25, 0.3) is 0 Å². The molecule has 1 aliphatic heterocycles. The van der Waals surface area contributed by atoms with Crippen molar-refractivity contribution in [2.75, 3.05) is 4.90 Å². The van der Waals surface area contributed by atoms with Crippen LogP contribution in [-0.2, 0) is 15.0 Å². The number of nitrogens with zero attached hydrogens (tertiary/aromatic N) is 1. The number of carbonyl (C=O) groups is 2. The van der Waals surface area contributed by atoms with Crippen molar-refractivity contribution in [3.8, 4) is 0 Å². The predicted octanol–water partition coefficient (Wildman–Crippen LogP) is 3.33. The van der Waals surface area contributed by atoms with Crippen LogP contribution in [0.15, 0.2) is 24.3 Å². The molecule has 0 bridgehead atoms. The number of rotatable bonds is 4. The minimum atomic E-state index is -0.187. The average molecular weight is 313 g/mol. The molecule has 23 heavy (non-hydrogen) atoms. The molecule has 1 aromatic carbocycles. The molecule has 0 radical (unpaired) electrons. The Morgan fingerprint density at radius 1 is 1.09 bits per heavy atom. The molecule has 0 aliphatic carbocycles. The predicted molar refractivity (Wildman–Crippen MR) is 97.5 cm³/mol.